The number of carbonyl (C=O) groups is 2. The van der Waals surface area contributed by atoms with Crippen LogP contribution in [0.4, 0.5) is 10.1 Å². The molecule has 1 aromatic heterocycles. The first-order valence-corrected chi connectivity index (χ1v) is 5.92. The number of hydrogen-bond acceptors (Lipinski definition) is 2. The Balaban J connectivity index is 2.07. The zero-order chi connectivity index (χ0) is 14.7. The van der Waals surface area contributed by atoms with Gasteiger partial charge in [-0.15, -0.1) is 0 Å². The Kier molecular flexibility index (Phi) is 3.84. The Hall–Kier alpha value is -2.63. The number of aryl methyl sites for hydroxylation is 1. The molecule has 1 aromatic carbocycles. The Morgan fingerprint density at radius 2 is 2.10 bits per heavy atom. The van der Waals surface area contributed by atoms with Crippen LogP contribution in [-0.2, 0) is 11.3 Å². The summed E-state index contributed by atoms with van der Waals surface area (Å²) < 4.78 is 14.4. The normalized spacial score (nSPS) is 10.3. The van der Waals surface area contributed by atoms with Crippen LogP contribution in [0.5, 0.6) is 0 Å². The standard InChI is InChI=1S/C14H13FN2O3/c1-9-7-10(4-5-11(9)15)16-13(18)8-17-6-2-3-12(17)14(19)20/h2-7H,8H2,1H3,(H,16,18)(H,19,20). The maximum Gasteiger partial charge on any atom is 0.352 e. The van der Waals surface area contributed by atoms with Gasteiger partial charge >= 0.3 is 5.97 Å². The van der Waals surface area contributed by atoms with Crippen LogP contribution < -0.4 is 5.32 Å². The van der Waals surface area contributed by atoms with Gasteiger partial charge < -0.3 is 15.0 Å². The predicted octanol–water partition coefficient (Wildman–Crippen LogP) is 2.27. The van der Waals surface area contributed by atoms with Gasteiger partial charge in [0.1, 0.15) is 18.1 Å². The van der Waals surface area contributed by atoms with Crippen molar-refractivity contribution >= 4 is 17.6 Å². The SMILES string of the molecule is Cc1cc(NC(=O)Cn2cccc2C(=O)O)ccc1F. The molecule has 0 atom stereocenters. The number of nitrogens with one attached hydrogen (secondary N) is 1. The smallest absolute Gasteiger partial charge is 0.352 e. The van der Waals surface area contributed by atoms with Crippen LogP contribution in [0.15, 0.2) is 36.5 Å². The molecule has 0 spiro atoms. The molecule has 20 heavy (non-hydrogen) atoms. The lowest BCUT2D eigenvalue weighted by Gasteiger charge is -2.08. The minimum absolute atomic E-state index is 0.0374. The van der Waals surface area contributed by atoms with Crippen molar-refractivity contribution in [2.24, 2.45) is 0 Å². The summed E-state index contributed by atoms with van der Waals surface area (Å²) in [5.41, 5.74) is 0.934. The predicted molar refractivity (Wildman–Crippen MR) is 71.2 cm³/mol. The highest BCUT2D eigenvalue weighted by Crippen LogP contribution is 2.13. The first-order chi connectivity index (χ1) is 9.47. The van der Waals surface area contributed by atoms with Gasteiger partial charge in [-0.3, -0.25) is 4.79 Å². The molecule has 0 radical (unpaired) electrons. The molecule has 0 aliphatic heterocycles. The van der Waals surface area contributed by atoms with Crippen LogP contribution in [0.1, 0.15) is 16.1 Å². The number of halogens is 1. The first-order valence-electron chi connectivity index (χ1n) is 5.92. The second kappa shape index (κ2) is 5.56. The van der Waals surface area contributed by atoms with Gasteiger partial charge in [0.25, 0.3) is 0 Å². The van der Waals surface area contributed by atoms with E-state index in [1.165, 1.54) is 35.0 Å². The Morgan fingerprint density at radius 1 is 1.35 bits per heavy atom. The van der Waals surface area contributed by atoms with Crippen molar-refractivity contribution in [3.8, 4) is 0 Å². The molecule has 0 saturated carbocycles. The van der Waals surface area contributed by atoms with Crippen molar-refractivity contribution in [1.82, 2.24) is 4.57 Å². The largest absolute Gasteiger partial charge is 0.477 e. The molecule has 2 N–H and O–H groups in total. The molecule has 0 aliphatic carbocycles. The van der Waals surface area contributed by atoms with Gasteiger partial charge in [0.05, 0.1) is 0 Å². The molecule has 0 fully saturated rings. The highest BCUT2D eigenvalue weighted by atomic mass is 19.1. The van der Waals surface area contributed by atoms with Crippen LogP contribution >= 0.6 is 0 Å². The van der Waals surface area contributed by atoms with E-state index in [9.17, 15) is 14.0 Å². The van der Waals surface area contributed by atoms with Crippen LogP contribution in [0.2, 0.25) is 0 Å². The second-order valence-electron chi connectivity index (χ2n) is 4.34. The molecule has 0 unspecified atom stereocenters. The summed E-state index contributed by atoms with van der Waals surface area (Å²) in [5.74, 6) is -1.82. The molecule has 1 heterocycles. The fourth-order valence-corrected chi connectivity index (χ4v) is 1.82. The van der Waals surface area contributed by atoms with Crippen molar-refractivity contribution in [3.05, 3.63) is 53.6 Å². The summed E-state index contributed by atoms with van der Waals surface area (Å²) in [4.78, 5) is 22.7. The third-order valence-electron chi connectivity index (χ3n) is 2.80. The topological polar surface area (TPSA) is 71.3 Å². The quantitative estimate of drug-likeness (QED) is 0.899. The van der Waals surface area contributed by atoms with Gasteiger partial charge in [-0.2, -0.15) is 0 Å². The summed E-state index contributed by atoms with van der Waals surface area (Å²) in [7, 11) is 0. The number of nitrogens with zero attached hydrogens (tertiary/aromatic N) is 1. The number of carboxylic acids is 1. The molecule has 0 aliphatic rings. The van der Waals surface area contributed by atoms with E-state index in [4.69, 9.17) is 5.11 Å². The lowest BCUT2D eigenvalue weighted by atomic mass is 10.2. The number of amides is 1. The van der Waals surface area contributed by atoms with E-state index in [0.717, 1.165) is 0 Å². The van der Waals surface area contributed by atoms with Crippen molar-refractivity contribution in [3.63, 3.8) is 0 Å². The van der Waals surface area contributed by atoms with Crippen LogP contribution in [0.3, 0.4) is 0 Å². The average molecular weight is 276 g/mol. The van der Waals surface area contributed by atoms with Crippen LogP contribution in [0.25, 0.3) is 0 Å². The number of aromatic carboxylic acids is 1. The minimum Gasteiger partial charge on any atom is -0.477 e. The number of aromatic nitrogens is 1. The van der Waals surface area contributed by atoms with E-state index >= 15 is 0 Å². The molecule has 0 bridgehead atoms. The summed E-state index contributed by atoms with van der Waals surface area (Å²) >= 11 is 0. The number of benzene rings is 1. The lowest BCUT2D eigenvalue weighted by molar-refractivity contribution is -0.116. The monoisotopic (exact) mass is 276 g/mol. The molecule has 6 heteroatoms. The van der Waals surface area contributed by atoms with Gasteiger partial charge in [-0.1, -0.05) is 0 Å². The summed E-state index contributed by atoms with van der Waals surface area (Å²) in [6.45, 7) is 1.48. The minimum atomic E-state index is -1.10. The van der Waals surface area contributed by atoms with Gasteiger partial charge in [-0.25, -0.2) is 9.18 Å². The molecule has 2 rings (SSSR count). The van der Waals surface area contributed by atoms with E-state index in [0.29, 0.717) is 11.3 Å². The third kappa shape index (κ3) is 3.03. The molecule has 0 saturated heterocycles. The number of anilines is 1. The second-order valence-corrected chi connectivity index (χ2v) is 4.34. The Bertz CT molecular complexity index is 664. The fourth-order valence-electron chi connectivity index (χ4n) is 1.82. The summed E-state index contributed by atoms with van der Waals surface area (Å²) in [6, 6.07) is 7.20. The molecule has 1 amide bonds. The third-order valence-corrected chi connectivity index (χ3v) is 2.80. The van der Waals surface area contributed by atoms with Gasteiger partial charge in [0.15, 0.2) is 0 Å². The van der Waals surface area contributed by atoms with Crippen molar-refractivity contribution in [2.75, 3.05) is 5.32 Å². The number of hydrogen-bond donors (Lipinski definition) is 2. The Morgan fingerprint density at radius 3 is 2.75 bits per heavy atom. The number of rotatable bonds is 4. The van der Waals surface area contributed by atoms with Gasteiger partial charge in [0, 0.05) is 11.9 Å². The Labute approximate surface area is 114 Å². The van der Waals surface area contributed by atoms with E-state index in [1.54, 1.807) is 13.0 Å². The highest BCUT2D eigenvalue weighted by molar-refractivity contribution is 5.92. The van der Waals surface area contributed by atoms with E-state index in [-0.39, 0.29) is 24.0 Å². The molecule has 5 nitrogen and oxygen atoms in total. The summed E-state index contributed by atoms with van der Waals surface area (Å²) in [5, 5.41) is 11.5. The van der Waals surface area contributed by atoms with Gasteiger partial charge in [0.2, 0.25) is 5.91 Å². The zero-order valence-corrected chi connectivity index (χ0v) is 10.8. The first kappa shape index (κ1) is 13.8. The summed E-state index contributed by atoms with van der Waals surface area (Å²) in [6.07, 6.45) is 1.51. The number of carbonyl (C=O) groups excluding carboxylic acids is 1. The van der Waals surface area contributed by atoms with Gasteiger partial charge in [-0.05, 0) is 42.8 Å². The van der Waals surface area contributed by atoms with Crippen molar-refractivity contribution in [1.29, 1.82) is 0 Å². The fraction of sp³-hybridized carbons (Fsp3) is 0.143. The average Bonchev–Trinajstić information content (AvgIpc) is 2.82. The molecule has 104 valence electrons. The maximum absolute atomic E-state index is 13.1. The van der Waals surface area contributed by atoms with E-state index in [2.05, 4.69) is 5.32 Å². The zero-order valence-electron chi connectivity index (χ0n) is 10.8. The van der Waals surface area contributed by atoms with Crippen molar-refractivity contribution < 1.29 is 19.1 Å². The molecular formula is C14H13FN2O3. The molecule has 2 aromatic rings. The number of carboxylic acid groups (broad SMARTS) is 1. The highest BCUT2D eigenvalue weighted by Gasteiger charge is 2.12. The maximum atomic E-state index is 13.1. The van der Waals surface area contributed by atoms with Crippen LogP contribution in [-0.4, -0.2) is 21.6 Å². The molecular weight excluding hydrogens is 263 g/mol. The van der Waals surface area contributed by atoms with E-state index < -0.39 is 5.97 Å². The lowest BCUT2D eigenvalue weighted by Crippen LogP contribution is -2.20. The van der Waals surface area contributed by atoms with E-state index in [1.807, 2.05) is 0 Å². The van der Waals surface area contributed by atoms with Crippen molar-refractivity contribution in [2.45, 2.75) is 13.5 Å². The van der Waals surface area contributed by atoms with Crippen LogP contribution in [0, 0.1) is 12.7 Å².